The van der Waals surface area contributed by atoms with Crippen LogP contribution in [0.2, 0.25) is 5.02 Å². The highest BCUT2D eigenvalue weighted by molar-refractivity contribution is 6.31. The summed E-state index contributed by atoms with van der Waals surface area (Å²) < 4.78 is 0. The minimum atomic E-state index is 0.0424. The fourth-order valence-corrected chi connectivity index (χ4v) is 3.07. The van der Waals surface area contributed by atoms with Crippen LogP contribution >= 0.6 is 11.6 Å². The van der Waals surface area contributed by atoms with E-state index in [1.807, 2.05) is 43.0 Å². The van der Waals surface area contributed by atoms with Crippen LogP contribution in [0.4, 0.5) is 0 Å². The van der Waals surface area contributed by atoms with Crippen molar-refractivity contribution >= 4 is 23.4 Å². The molecule has 5 nitrogen and oxygen atoms in total. The van der Waals surface area contributed by atoms with Crippen LogP contribution in [0, 0.1) is 0 Å². The standard InChI is InChI=1S/C18H26ClN3O2/c1-14(2)20-17(23)13-21-8-5-9-22(11-10-21)18(24)12-15-6-3-4-7-16(15)19/h3-4,6-7,14H,5,8-13H2,1-2H3,(H,20,23). The summed E-state index contributed by atoms with van der Waals surface area (Å²) in [6.07, 6.45) is 1.21. The maximum atomic E-state index is 12.5. The van der Waals surface area contributed by atoms with Gasteiger partial charge >= 0.3 is 0 Å². The third kappa shape index (κ3) is 5.80. The number of rotatable bonds is 5. The van der Waals surface area contributed by atoms with Gasteiger partial charge in [0.05, 0.1) is 13.0 Å². The van der Waals surface area contributed by atoms with E-state index < -0.39 is 0 Å². The van der Waals surface area contributed by atoms with Crippen LogP contribution in [0.3, 0.4) is 0 Å². The molecule has 0 unspecified atom stereocenters. The van der Waals surface area contributed by atoms with Crippen molar-refractivity contribution in [1.29, 1.82) is 0 Å². The average Bonchev–Trinajstić information content (AvgIpc) is 2.74. The number of hydrogen-bond donors (Lipinski definition) is 1. The van der Waals surface area contributed by atoms with Crippen molar-refractivity contribution in [3.63, 3.8) is 0 Å². The predicted octanol–water partition coefficient (Wildman–Crippen LogP) is 1.94. The van der Waals surface area contributed by atoms with E-state index in [-0.39, 0.29) is 17.9 Å². The van der Waals surface area contributed by atoms with Gasteiger partial charge < -0.3 is 10.2 Å². The van der Waals surface area contributed by atoms with Crippen LogP contribution in [0.25, 0.3) is 0 Å². The molecule has 2 rings (SSSR count). The molecule has 1 heterocycles. The maximum Gasteiger partial charge on any atom is 0.234 e. The first kappa shape index (κ1) is 18.7. The molecular weight excluding hydrogens is 326 g/mol. The van der Waals surface area contributed by atoms with Gasteiger partial charge in [-0.05, 0) is 31.9 Å². The monoisotopic (exact) mass is 351 g/mol. The summed E-state index contributed by atoms with van der Waals surface area (Å²) in [5.41, 5.74) is 0.863. The zero-order valence-corrected chi connectivity index (χ0v) is 15.2. The molecule has 1 aromatic rings. The highest BCUT2D eigenvalue weighted by Crippen LogP contribution is 2.16. The number of amides is 2. The molecule has 1 fully saturated rings. The first-order valence-electron chi connectivity index (χ1n) is 8.48. The molecule has 0 aromatic heterocycles. The fraction of sp³-hybridized carbons (Fsp3) is 0.556. The van der Waals surface area contributed by atoms with Crippen LogP contribution < -0.4 is 5.32 Å². The van der Waals surface area contributed by atoms with Crippen molar-refractivity contribution in [3.05, 3.63) is 34.9 Å². The van der Waals surface area contributed by atoms with Crippen molar-refractivity contribution in [1.82, 2.24) is 15.1 Å². The van der Waals surface area contributed by atoms with Gasteiger partial charge in [-0.15, -0.1) is 0 Å². The predicted molar refractivity (Wildman–Crippen MR) is 96.1 cm³/mol. The van der Waals surface area contributed by atoms with Gasteiger partial charge in [-0.2, -0.15) is 0 Å². The normalized spacial score (nSPS) is 16.1. The molecule has 0 atom stereocenters. The molecule has 1 aliphatic heterocycles. The number of benzene rings is 1. The molecule has 0 aliphatic carbocycles. The van der Waals surface area contributed by atoms with Gasteiger partial charge in [0.2, 0.25) is 11.8 Å². The Balaban J connectivity index is 1.85. The van der Waals surface area contributed by atoms with Gasteiger partial charge in [-0.25, -0.2) is 0 Å². The molecule has 1 saturated heterocycles. The molecule has 1 N–H and O–H groups in total. The van der Waals surface area contributed by atoms with Crippen LogP contribution in [-0.4, -0.2) is 60.4 Å². The second kappa shape index (κ2) is 9.04. The highest BCUT2D eigenvalue weighted by Gasteiger charge is 2.21. The first-order valence-corrected chi connectivity index (χ1v) is 8.86. The third-order valence-electron chi connectivity index (χ3n) is 4.06. The minimum Gasteiger partial charge on any atom is -0.353 e. The molecule has 0 spiro atoms. The number of carbonyl (C=O) groups is 2. The number of nitrogens with zero attached hydrogens (tertiary/aromatic N) is 2. The lowest BCUT2D eigenvalue weighted by molar-refractivity contribution is -0.130. The van der Waals surface area contributed by atoms with Crippen LogP contribution in [0.15, 0.2) is 24.3 Å². The van der Waals surface area contributed by atoms with E-state index in [2.05, 4.69) is 10.2 Å². The molecule has 24 heavy (non-hydrogen) atoms. The summed E-state index contributed by atoms with van der Waals surface area (Å²) in [5, 5.41) is 3.54. The highest BCUT2D eigenvalue weighted by atomic mass is 35.5. The van der Waals surface area contributed by atoms with Gasteiger partial charge in [0.1, 0.15) is 0 Å². The molecule has 132 valence electrons. The van der Waals surface area contributed by atoms with Gasteiger partial charge in [-0.1, -0.05) is 29.8 Å². The smallest absolute Gasteiger partial charge is 0.234 e. The molecule has 6 heteroatoms. The quantitative estimate of drug-likeness (QED) is 0.882. The molecule has 0 bridgehead atoms. The van der Waals surface area contributed by atoms with Gasteiger partial charge in [0.25, 0.3) is 0 Å². The van der Waals surface area contributed by atoms with Crippen molar-refractivity contribution < 1.29 is 9.59 Å². The molecular formula is C18H26ClN3O2. The van der Waals surface area contributed by atoms with E-state index in [0.29, 0.717) is 24.5 Å². The molecule has 1 aliphatic rings. The van der Waals surface area contributed by atoms with E-state index in [9.17, 15) is 9.59 Å². The Morgan fingerprint density at radius 2 is 1.92 bits per heavy atom. The summed E-state index contributed by atoms with van der Waals surface area (Å²) in [6, 6.07) is 7.61. The van der Waals surface area contributed by atoms with Crippen LogP contribution in [0.1, 0.15) is 25.8 Å². The summed E-state index contributed by atoms with van der Waals surface area (Å²) in [5.74, 6) is 0.137. The van der Waals surface area contributed by atoms with E-state index >= 15 is 0 Å². The fourth-order valence-electron chi connectivity index (χ4n) is 2.87. The van der Waals surface area contributed by atoms with Crippen molar-refractivity contribution in [2.45, 2.75) is 32.7 Å². The molecule has 2 amide bonds. The lowest BCUT2D eigenvalue weighted by atomic mass is 10.1. The minimum absolute atomic E-state index is 0.0424. The topological polar surface area (TPSA) is 52.7 Å². The Bertz CT molecular complexity index is 577. The van der Waals surface area contributed by atoms with E-state index in [4.69, 9.17) is 11.6 Å². The third-order valence-corrected chi connectivity index (χ3v) is 4.43. The van der Waals surface area contributed by atoms with Crippen LogP contribution in [0.5, 0.6) is 0 Å². The van der Waals surface area contributed by atoms with Crippen molar-refractivity contribution in [2.24, 2.45) is 0 Å². The second-order valence-corrected chi connectivity index (χ2v) is 6.91. The molecule has 0 radical (unpaired) electrons. The Morgan fingerprint density at radius 1 is 1.17 bits per heavy atom. The second-order valence-electron chi connectivity index (χ2n) is 6.50. The lowest BCUT2D eigenvalue weighted by Gasteiger charge is -2.22. The Morgan fingerprint density at radius 3 is 2.62 bits per heavy atom. The largest absolute Gasteiger partial charge is 0.353 e. The van der Waals surface area contributed by atoms with Crippen molar-refractivity contribution in [3.8, 4) is 0 Å². The Hall–Kier alpha value is -1.59. The van der Waals surface area contributed by atoms with E-state index in [0.717, 1.165) is 31.6 Å². The lowest BCUT2D eigenvalue weighted by Crippen LogP contribution is -2.42. The van der Waals surface area contributed by atoms with Crippen LogP contribution in [-0.2, 0) is 16.0 Å². The number of halogens is 1. The van der Waals surface area contributed by atoms with Gasteiger partial charge in [0, 0.05) is 37.2 Å². The van der Waals surface area contributed by atoms with Gasteiger partial charge in [-0.3, -0.25) is 14.5 Å². The zero-order chi connectivity index (χ0) is 17.5. The summed E-state index contributed by atoms with van der Waals surface area (Å²) in [4.78, 5) is 28.4. The van der Waals surface area contributed by atoms with E-state index in [1.165, 1.54) is 0 Å². The first-order chi connectivity index (χ1) is 11.5. The number of nitrogens with one attached hydrogen (secondary N) is 1. The Labute approximate surface area is 149 Å². The number of carbonyl (C=O) groups excluding carboxylic acids is 2. The summed E-state index contributed by atoms with van der Waals surface area (Å²) in [6.45, 7) is 7.24. The summed E-state index contributed by atoms with van der Waals surface area (Å²) >= 11 is 6.14. The van der Waals surface area contributed by atoms with E-state index in [1.54, 1.807) is 0 Å². The maximum absolute atomic E-state index is 12.5. The zero-order valence-electron chi connectivity index (χ0n) is 14.4. The SMILES string of the molecule is CC(C)NC(=O)CN1CCCN(C(=O)Cc2ccccc2Cl)CC1. The van der Waals surface area contributed by atoms with Gasteiger partial charge in [0.15, 0.2) is 0 Å². The number of hydrogen-bond acceptors (Lipinski definition) is 3. The Kier molecular flexibility index (Phi) is 7.06. The van der Waals surface area contributed by atoms with Crippen molar-refractivity contribution in [2.75, 3.05) is 32.7 Å². The molecule has 1 aromatic carbocycles. The average molecular weight is 352 g/mol. The summed E-state index contributed by atoms with van der Waals surface area (Å²) in [7, 11) is 0. The molecule has 0 saturated carbocycles.